The molecule has 3 rings (SSSR count). The first-order valence-electron chi connectivity index (χ1n) is 6.97. The van der Waals surface area contributed by atoms with Crippen molar-refractivity contribution in [3.8, 4) is 5.69 Å². The summed E-state index contributed by atoms with van der Waals surface area (Å²) >= 11 is 9.58. The minimum absolute atomic E-state index is 0.239. The van der Waals surface area contributed by atoms with Gasteiger partial charge >= 0.3 is 5.97 Å². The van der Waals surface area contributed by atoms with E-state index < -0.39 is 5.97 Å². The molecule has 2 heterocycles. The number of ether oxygens (including phenoxy) is 1. The molecule has 7 heteroatoms. The van der Waals surface area contributed by atoms with Crippen LogP contribution in [0.4, 0.5) is 0 Å². The number of aryl methyl sites for hydroxylation is 1. The Kier molecular flexibility index (Phi) is 4.37. The third kappa shape index (κ3) is 2.84. The molecule has 0 spiro atoms. The van der Waals surface area contributed by atoms with Crippen molar-refractivity contribution in [2.75, 3.05) is 7.11 Å². The monoisotopic (exact) mass is 393 g/mol. The highest BCUT2D eigenvalue weighted by atomic mass is 79.9. The number of pyridine rings is 1. The van der Waals surface area contributed by atoms with Crippen LogP contribution in [0.2, 0.25) is 5.15 Å². The van der Waals surface area contributed by atoms with Crippen molar-refractivity contribution in [3.63, 3.8) is 0 Å². The number of halogens is 2. The summed E-state index contributed by atoms with van der Waals surface area (Å²) in [4.78, 5) is 16.4. The van der Waals surface area contributed by atoms with Crippen molar-refractivity contribution in [2.45, 2.75) is 13.3 Å². The Balaban J connectivity index is 2.39. The lowest BCUT2D eigenvalue weighted by molar-refractivity contribution is 0.0595. The van der Waals surface area contributed by atoms with Crippen molar-refractivity contribution in [1.29, 1.82) is 0 Å². The van der Waals surface area contributed by atoms with Crippen molar-refractivity contribution >= 4 is 44.4 Å². The van der Waals surface area contributed by atoms with Gasteiger partial charge in [0.25, 0.3) is 0 Å². The van der Waals surface area contributed by atoms with Gasteiger partial charge in [-0.15, -0.1) is 0 Å². The van der Waals surface area contributed by atoms with Gasteiger partial charge in [-0.2, -0.15) is 5.10 Å². The van der Waals surface area contributed by atoms with Crippen molar-refractivity contribution in [1.82, 2.24) is 14.8 Å². The van der Waals surface area contributed by atoms with Crippen molar-refractivity contribution in [3.05, 3.63) is 51.3 Å². The summed E-state index contributed by atoms with van der Waals surface area (Å²) < 4.78 is 7.45. The number of benzene rings is 1. The molecular weight excluding hydrogens is 382 g/mol. The average Bonchev–Trinajstić information content (AvgIpc) is 2.92. The van der Waals surface area contributed by atoms with E-state index in [1.807, 2.05) is 31.2 Å². The topological polar surface area (TPSA) is 57.0 Å². The number of esters is 1. The predicted molar refractivity (Wildman–Crippen MR) is 92.3 cm³/mol. The van der Waals surface area contributed by atoms with Crippen molar-refractivity contribution in [2.24, 2.45) is 0 Å². The Hall–Kier alpha value is -1.92. The number of fused-ring (bicyclic) bond motifs is 1. The number of carbonyl (C=O) groups is 1. The quantitative estimate of drug-likeness (QED) is 0.494. The number of hydrogen-bond acceptors (Lipinski definition) is 4. The molecule has 0 amide bonds. The fourth-order valence-electron chi connectivity index (χ4n) is 2.48. The van der Waals surface area contributed by atoms with Crippen LogP contribution in [0.3, 0.4) is 0 Å². The normalized spacial score (nSPS) is 11.0. The summed E-state index contributed by atoms with van der Waals surface area (Å²) in [6.07, 6.45) is 0.630. The number of nitrogens with zero attached hydrogens (tertiary/aromatic N) is 3. The molecule has 1 aromatic carbocycles. The van der Waals surface area contributed by atoms with Gasteiger partial charge in [-0.1, -0.05) is 40.5 Å². The number of rotatable bonds is 3. The maximum atomic E-state index is 12.1. The molecule has 5 nitrogen and oxygen atoms in total. The molecule has 0 radical (unpaired) electrons. The second-order valence-corrected chi connectivity index (χ2v) is 6.17. The van der Waals surface area contributed by atoms with Crippen LogP contribution in [0, 0.1) is 0 Å². The van der Waals surface area contributed by atoms with E-state index in [4.69, 9.17) is 16.3 Å². The molecule has 0 fully saturated rings. The third-order valence-corrected chi connectivity index (χ3v) is 4.16. The Morgan fingerprint density at radius 2 is 2.17 bits per heavy atom. The summed E-state index contributed by atoms with van der Waals surface area (Å²) in [6, 6.07) is 9.33. The highest BCUT2D eigenvalue weighted by molar-refractivity contribution is 9.10. The minimum atomic E-state index is -0.498. The summed E-state index contributed by atoms with van der Waals surface area (Å²) in [7, 11) is 1.33. The number of aromatic nitrogens is 3. The van der Waals surface area contributed by atoms with Crippen LogP contribution in [0.15, 0.2) is 34.8 Å². The smallest absolute Gasteiger partial charge is 0.359 e. The summed E-state index contributed by atoms with van der Waals surface area (Å²) in [5.74, 6) is -0.498. The molecule has 3 aromatic rings. The Morgan fingerprint density at radius 3 is 2.83 bits per heavy atom. The zero-order chi connectivity index (χ0) is 16.6. The highest BCUT2D eigenvalue weighted by Gasteiger charge is 2.22. The molecular formula is C16H13BrClN3O2. The van der Waals surface area contributed by atoms with E-state index in [0.717, 1.165) is 15.7 Å². The zero-order valence-electron chi connectivity index (χ0n) is 12.5. The van der Waals surface area contributed by atoms with E-state index in [2.05, 4.69) is 26.0 Å². The zero-order valence-corrected chi connectivity index (χ0v) is 14.8. The van der Waals surface area contributed by atoms with Crippen LogP contribution < -0.4 is 0 Å². The Morgan fingerprint density at radius 1 is 1.39 bits per heavy atom. The first-order chi connectivity index (χ1) is 11.0. The van der Waals surface area contributed by atoms with Crippen LogP contribution in [-0.4, -0.2) is 27.8 Å². The summed E-state index contributed by atoms with van der Waals surface area (Å²) in [5.41, 5.74) is 2.49. The SMILES string of the molecule is CCc1nc(Cl)cc2c1c(C(=O)OC)nn2-c1cccc(Br)c1. The average molecular weight is 395 g/mol. The molecule has 0 atom stereocenters. The predicted octanol–water partition coefficient (Wildman–Crippen LogP) is 4.19. The van der Waals surface area contributed by atoms with Crippen LogP contribution >= 0.6 is 27.5 Å². The van der Waals surface area contributed by atoms with E-state index in [-0.39, 0.29) is 5.69 Å². The molecule has 0 saturated carbocycles. The molecule has 0 saturated heterocycles. The first kappa shape index (κ1) is 16.0. The van der Waals surface area contributed by atoms with Gasteiger partial charge in [-0.05, 0) is 24.6 Å². The summed E-state index contributed by atoms with van der Waals surface area (Å²) in [6.45, 7) is 1.95. The van der Waals surface area contributed by atoms with Gasteiger partial charge in [0.2, 0.25) is 0 Å². The van der Waals surface area contributed by atoms with Gasteiger partial charge in [-0.25, -0.2) is 14.5 Å². The molecule has 0 aliphatic heterocycles. The molecule has 23 heavy (non-hydrogen) atoms. The van der Waals surface area contributed by atoms with E-state index >= 15 is 0 Å². The van der Waals surface area contributed by atoms with Crippen LogP contribution in [0.25, 0.3) is 16.6 Å². The molecule has 0 unspecified atom stereocenters. The second kappa shape index (κ2) is 6.29. The molecule has 0 aliphatic carbocycles. The number of hydrogen-bond donors (Lipinski definition) is 0. The molecule has 118 valence electrons. The lowest BCUT2D eigenvalue weighted by Gasteiger charge is -2.05. The number of carbonyl (C=O) groups excluding carboxylic acids is 1. The second-order valence-electron chi connectivity index (χ2n) is 4.87. The Bertz CT molecular complexity index is 908. The lowest BCUT2D eigenvalue weighted by atomic mass is 10.1. The molecule has 2 aromatic heterocycles. The van der Waals surface area contributed by atoms with Gasteiger partial charge in [0, 0.05) is 10.5 Å². The van der Waals surface area contributed by atoms with E-state index in [9.17, 15) is 4.79 Å². The van der Waals surface area contributed by atoms with Crippen molar-refractivity contribution < 1.29 is 9.53 Å². The van der Waals surface area contributed by atoms with E-state index in [1.54, 1.807) is 10.7 Å². The minimum Gasteiger partial charge on any atom is -0.464 e. The van der Waals surface area contributed by atoms with Gasteiger partial charge in [-0.3, -0.25) is 0 Å². The maximum absolute atomic E-state index is 12.1. The summed E-state index contributed by atoms with van der Waals surface area (Å²) in [5, 5.41) is 5.48. The van der Waals surface area contributed by atoms with Gasteiger partial charge in [0.1, 0.15) is 5.15 Å². The molecule has 0 bridgehead atoms. The fraction of sp³-hybridized carbons (Fsp3) is 0.188. The first-order valence-corrected chi connectivity index (χ1v) is 8.14. The highest BCUT2D eigenvalue weighted by Crippen LogP contribution is 2.28. The fourth-order valence-corrected chi connectivity index (χ4v) is 3.07. The number of methoxy groups -OCH3 is 1. The van der Waals surface area contributed by atoms with Crippen LogP contribution in [-0.2, 0) is 11.2 Å². The van der Waals surface area contributed by atoms with Crippen LogP contribution in [0.1, 0.15) is 23.1 Å². The maximum Gasteiger partial charge on any atom is 0.359 e. The standard InChI is InChI=1S/C16H13BrClN3O2/c1-3-11-14-12(8-13(18)19-11)21(20-15(14)16(22)23-2)10-6-4-5-9(17)7-10/h4-8H,3H2,1-2H3. The largest absolute Gasteiger partial charge is 0.464 e. The molecule has 0 aliphatic rings. The third-order valence-electron chi connectivity index (χ3n) is 3.47. The lowest BCUT2D eigenvalue weighted by Crippen LogP contribution is -2.05. The van der Waals surface area contributed by atoms with E-state index in [0.29, 0.717) is 22.7 Å². The Labute approximate surface area is 146 Å². The van der Waals surface area contributed by atoms with Crippen LogP contribution in [0.5, 0.6) is 0 Å². The van der Waals surface area contributed by atoms with E-state index in [1.165, 1.54) is 7.11 Å². The van der Waals surface area contributed by atoms with Gasteiger partial charge < -0.3 is 4.74 Å². The molecule has 0 N–H and O–H groups in total. The van der Waals surface area contributed by atoms with Gasteiger partial charge in [0.15, 0.2) is 5.69 Å². The van der Waals surface area contributed by atoms with Gasteiger partial charge in [0.05, 0.1) is 29.4 Å².